The van der Waals surface area contributed by atoms with Crippen molar-refractivity contribution >= 4 is 0 Å². The van der Waals surface area contributed by atoms with Gasteiger partial charge in [0.25, 0.3) is 6.01 Å². The summed E-state index contributed by atoms with van der Waals surface area (Å²) in [5.74, 6) is 0. The van der Waals surface area contributed by atoms with E-state index in [4.69, 9.17) is 4.74 Å². The van der Waals surface area contributed by atoms with Gasteiger partial charge in [0.15, 0.2) is 0 Å². The summed E-state index contributed by atoms with van der Waals surface area (Å²) in [4.78, 5) is 4.07. The largest absolute Gasteiger partial charge is 0.468 e. The molecule has 6 heteroatoms. The van der Waals surface area contributed by atoms with Crippen molar-refractivity contribution in [1.29, 1.82) is 0 Å². The summed E-state index contributed by atoms with van der Waals surface area (Å²) in [5, 5.41) is 0. The Morgan fingerprint density at radius 1 is 0.958 bits per heavy atom. The number of ether oxygens (including phenoxy) is 1. The van der Waals surface area contributed by atoms with Crippen LogP contribution in [0.2, 0.25) is 0 Å². The van der Waals surface area contributed by atoms with Gasteiger partial charge in [-0.2, -0.15) is 13.2 Å². The fourth-order valence-electron chi connectivity index (χ4n) is 2.46. The van der Waals surface area contributed by atoms with E-state index in [0.717, 1.165) is 28.8 Å². The van der Waals surface area contributed by atoms with Gasteiger partial charge in [-0.3, -0.25) is 4.57 Å². The van der Waals surface area contributed by atoms with Gasteiger partial charge in [0.05, 0.1) is 19.2 Å². The minimum absolute atomic E-state index is 0.529. The molecule has 0 atom stereocenters. The van der Waals surface area contributed by atoms with E-state index in [2.05, 4.69) is 4.98 Å². The van der Waals surface area contributed by atoms with Crippen molar-refractivity contribution in [2.75, 3.05) is 7.11 Å². The van der Waals surface area contributed by atoms with Crippen LogP contribution in [0.4, 0.5) is 13.2 Å². The third-order valence-corrected chi connectivity index (χ3v) is 3.71. The number of halogens is 3. The van der Waals surface area contributed by atoms with Crippen LogP contribution in [0.5, 0.6) is 6.01 Å². The summed E-state index contributed by atoms with van der Waals surface area (Å²) >= 11 is 0. The van der Waals surface area contributed by atoms with Gasteiger partial charge in [-0.25, -0.2) is 4.98 Å². The van der Waals surface area contributed by atoms with Crippen molar-refractivity contribution in [2.24, 2.45) is 0 Å². The van der Waals surface area contributed by atoms with E-state index in [1.807, 2.05) is 35.0 Å². The van der Waals surface area contributed by atoms with E-state index < -0.39 is 11.7 Å². The van der Waals surface area contributed by atoms with Gasteiger partial charge in [-0.15, -0.1) is 0 Å². The molecule has 0 aliphatic carbocycles. The molecule has 0 radical (unpaired) electrons. The summed E-state index contributed by atoms with van der Waals surface area (Å²) in [6, 6.07) is 13.3. The van der Waals surface area contributed by atoms with Crippen LogP contribution in [0.3, 0.4) is 0 Å². The zero-order valence-corrected chi connectivity index (χ0v) is 12.9. The summed E-state index contributed by atoms with van der Waals surface area (Å²) in [5.41, 5.74) is 2.01. The van der Waals surface area contributed by atoms with Crippen molar-refractivity contribution in [3.63, 3.8) is 0 Å². The van der Waals surface area contributed by atoms with Crippen LogP contribution in [0.15, 0.2) is 60.9 Å². The molecule has 24 heavy (non-hydrogen) atoms. The van der Waals surface area contributed by atoms with Crippen LogP contribution in [0.25, 0.3) is 11.1 Å². The third kappa shape index (κ3) is 3.42. The molecule has 1 heterocycles. The molecule has 0 aliphatic heterocycles. The molecule has 0 amide bonds. The monoisotopic (exact) mass is 332 g/mol. The molecule has 0 fully saturated rings. The number of benzene rings is 2. The van der Waals surface area contributed by atoms with E-state index in [9.17, 15) is 13.2 Å². The van der Waals surface area contributed by atoms with Gasteiger partial charge < -0.3 is 4.74 Å². The Morgan fingerprint density at radius 2 is 1.54 bits per heavy atom. The minimum Gasteiger partial charge on any atom is -0.468 e. The average molecular weight is 332 g/mol. The number of hydrogen-bond donors (Lipinski definition) is 0. The minimum atomic E-state index is -4.31. The van der Waals surface area contributed by atoms with Crippen molar-refractivity contribution in [2.45, 2.75) is 12.7 Å². The fraction of sp³-hybridized carbons (Fsp3) is 0.167. The summed E-state index contributed by atoms with van der Waals surface area (Å²) < 4.78 is 44.8. The molecule has 0 unspecified atom stereocenters. The molecule has 1 aromatic heterocycles. The van der Waals surface area contributed by atoms with Gasteiger partial charge in [-0.1, -0.05) is 36.4 Å². The van der Waals surface area contributed by atoms with Crippen LogP contribution in [-0.4, -0.2) is 16.7 Å². The Balaban J connectivity index is 1.77. The highest BCUT2D eigenvalue weighted by Crippen LogP contribution is 2.31. The first kappa shape index (κ1) is 16.1. The summed E-state index contributed by atoms with van der Waals surface area (Å²) in [6.07, 6.45) is -0.829. The van der Waals surface area contributed by atoms with E-state index in [0.29, 0.717) is 12.6 Å². The van der Waals surface area contributed by atoms with Crippen LogP contribution in [0, 0.1) is 0 Å². The molecule has 2 aromatic carbocycles. The number of methoxy groups -OCH3 is 1. The molecular weight excluding hydrogens is 317 g/mol. The predicted octanol–water partition coefficient (Wildman–Crippen LogP) is 4.63. The predicted molar refractivity (Wildman–Crippen MR) is 84.8 cm³/mol. The zero-order chi connectivity index (χ0) is 17.2. The van der Waals surface area contributed by atoms with Crippen molar-refractivity contribution < 1.29 is 17.9 Å². The maximum Gasteiger partial charge on any atom is 0.416 e. The van der Waals surface area contributed by atoms with Crippen molar-refractivity contribution in [3.05, 3.63) is 72.1 Å². The van der Waals surface area contributed by atoms with E-state index in [1.165, 1.54) is 12.1 Å². The molecule has 0 bridgehead atoms. The second-order valence-electron chi connectivity index (χ2n) is 5.31. The first-order chi connectivity index (χ1) is 11.5. The molecule has 0 aliphatic rings. The Hall–Kier alpha value is -2.76. The molecule has 0 saturated carbocycles. The lowest BCUT2D eigenvalue weighted by atomic mass is 10.0. The van der Waals surface area contributed by atoms with Gasteiger partial charge >= 0.3 is 6.18 Å². The topological polar surface area (TPSA) is 27.1 Å². The lowest BCUT2D eigenvalue weighted by Gasteiger charge is -2.09. The maximum absolute atomic E-state index is 12.6. The van der Waals surface area contributed by atoms with Crippen LogP contribution in [-0.2, 0) is 12.7 Å². The van der Waals surface area contributed by atoms with Crippen LogP contribution >= 0.6 is 0 Å². The number of alkyl halides is 3. The quantitative estimate of drug-likeness (QED) is 0.697. The van der Waals surface area contributed by atoms with Gasteiger partial charge in [-0.05, 0) is 28.8 Å². The lowest BCUT2D eigenvalue weighted by Crippen LogP contribution is -2.04. The number of rotatable bonds is 4. The Bertz CT molecular complexity index is 806. The maximum atomic E-state index is 12.6. The van der Waals surface area contributed by atoms with Gasteiger partial charge in [0.1, 0.15) is 0 Å². The van der Waals surface area contributed by atoms with Gasteiger partial charge in [0, 0.05) is 12.4 Å². The zero-order valence-electron chi connectivity index (χ0n) is 12.9. The number of aromatic nitrogens is 2. The SMILES string of the molecule is COc1nccn1Cc1ccc(-c2ccc(C(F)(F)F)cc2)cc1. The highest BCUT2D eigenvalue weighted by atomic mass is 19.4. The second-order valence-corrected chi connectivity index (χ2v) is 5.31. The fourth-order valence-corrected chi connectivity index (χ4v) is 2.46. The first-order valence-electron chi connectivity index (χ1n) is 7.29. The smallest absolute Gasteiger partial charge is 0.416 e. The average Bonchev–Trinajstić information content (AvgIpc) is 3.02. The Morgan fingerprint density at radius 3 is 2.08 bits per heavy atom. The van der Waals surface area contributed by atoms with E-state index >= 15 is 0 Å². The number of hydrogen-bond acceptors (Lipinski definition) is 2. The third-order valence-electron chi connectivity index (χ3n) is 3.71. The molecular formula is C18H15F3N2O. The van der Waals surface area contributed by atoms with E-state index in [1.54, 1.807) is 13.3 Å². The van der Waals surface area contributed by atoms with Gasteiger partial charge in [0.2, 0.25) is 0 Å². The summed E-state index contributed by atoms with van der Waals surface area (Å²) in [7, 11) is 1.56. The van der Waals surface area contributed by atoms with Crippen LogP contribution in [0.1, 0.15) is 11.1 Å². The lowest BCUT2D eigenvalue weighted by molar-refractivity contribution is -0.137. The summed E-state index contributed by atoms with van der Waals surface area (Å²) in [6.45, 7) is 0.608. The van der Waals surface area contributed by atoms with Crippen molar-refractivity contribution in [1.82, 2.24) is 9.55 Å². The standard InChI is InChI=1S/C18H15F3N2O/c1-24-17-22-10-11-23(17)12-13-2-4-14(5-3-13)15-6-8-16(9-7-15)18(19,20)21/h2-11H,12H2,1H3. The second kappa shape index (κ2) is 6.39. The Kier molecular flexibility index (Phi) is 4.29. The molecule has 0 spiro atoms. The van der Waals surface area contributed by atoms with Crippen LogP contribution < -0.4 is 4.74 Å². The van der Waals surface area contributed by atoms with E-state index in [-0.39, 0.29) is 0 Å². The molecule has 0 N–H and O–H groups in total. The molecule has 0 saturated heterocycles. The van der Waals surface area contributed by atoms with Crippen molar-refractivity contribution in [3.8, 4) is 17.1 Å². The molecule has 124 valence electrons. The number of imidazole rings is 1. The molecule has 3 rings (SSSR count). The molecule has 3 nitrogen and oxygen atoms in total. The molecule has 3 aromatic rings. The highest BCUT2D eigenvalue weighted by Gasteiger charge is 2.29. The first-order valence-corrected chi connectivity index (χ1v) is 7.29. The normalized spacial score (nSPS) is 11.5. The Labute approximate surface area is 137 Å². The number of nitrogens with zero attached hydrogens (tertiary/aromatic N) is 2. The highest BCUT2D eigenvalue weighted by molar-refractivity contribution is 5.64.